The first-order valence-electron chi connectivity index (χ1n) is 10.2. The predicted octanol–water partition coefficient (Wildman–Crippen LogP) is 2.53. The summed E-state index contributed by atoms with van der Waals surface area (Å²) in [6.07, 6.45) is 0.629. The van der Waals surface area contributed by atoms with Crippen molar-refractivity contribution in [2.45, 2.75) is 26.2 Å². The molecule has 1 saturated heterocycles. The Morgan fingerprint density at radius 1 is 1.09 bits per heavy atom. The number of para-hydroxylation sites is 1. The zero-order valence-electron chi connectivity index (χ0n) is 17.6. The van der Waals surface area contributed by atoms with Gasteiger partial charge in [0.15, 0.2) is 0 Å². The lowest BCUT2D eigenvalue weighted by Gasteiger charge is -2.15. The van der Waals surface area contributed by atoms with Gasteiger partial charge in [-0.1, -0.05) is 19.1 Å². The van der Waals surface area contributed by atoms with Crippen LogP contribution in [0.5, 0.6) is 5.75 Å². The van der Waals surface area contributed by atoms with Crippen molar-refractivity contribution in [3.8, 4) is 5.75 Å². The summed E-state index contributed by atoms with van der Waals surface area (Å²) in [5.41, 5.74) is 1.16. The van der Waals surface area contributed by atoms with Gasteiger partial charge in [0.1, 0.15) is 18.2 Å². The molecule has 9 heteroatoms. The van der Waals surface area contributed by atoms with E-state index in [4.69, 9.17) is 9.57 Å². The minimum atomic E-state index is -1.13. The summed E-state index contributed by atoms with van der Waals surface area (Å²) >= 11 is 0. The number of aryl methyl sites for hydroxylation is 1. The number of pyridine rings is 1. The van der Waals surface area contributed by atoms with Gasteiger partial charge < -0.3 is 14.7 Å². The molecule has 32 heavy (non-hydrogen) atoms. The van der Waals surface area contributed by atoms with Crippen LogP contribution in [0.2, 0.25) is 0 Å². The second-order valence-corrected chi connectivity index (χ2v) is 7.43. The van der Waals surface area contributed by atoms with E-state index in [-0.39, 0.29) is 29.7 Å². The average molecular weight is 437 g/mol. The predicted molar refractivity (Wildman–Crippen MR) is 112 cm³/mol. The maximum Gasteiger partial charge on any atom is 0.364 e. The highest BCUT2D eigenvalue weighted by molar-refractivity contribution is 6.15. The number of carbonyl (C=O) groups excluding carboxylic acids is 3. The number of hydrogen-bond acceptors (Lipinski definition) is 6. The third-order valence-electron chi connectivity index (χ3n) is 5.32. The minimum Gasteiger partial charge on any atom is -0.493 e. The third kappa shape index (κ3) is 3.51. The highest BCUT2D eigenvalue weighted by Crippen LogP contribution is 2.34. The van der Waals surface area contributed by atoms with Crippen LogP contribution in [0.1, 0.15) is 46.9 Å². The van der Waals surface area contributed by atoms with Crippen LogP contribution < -0.4 is 9.30 Å². The Morgan fingerprint density at radius 3 is 2.44 bits per heavy atom. The SMILES string of the molecule is CCCOc1cc(C(=O)ON2C(=O)CCC2=O)cc2c1c(C(=O)O)c1ccccc1[n+]2C. The second kappa shape index (κ2) is 8.26. The highest BCUT2D eigenvalue weighted by Gasteiger charge is 2.34. The Balaban J connectivity index is 1.95. The number of carboxylic acids is 1. The van der Waals surface area contributed by atoms with E-state index >= 15 is 0 Å². The van der Waals surface area contributed by atoms with E-state index in [1.807, 2.05) is 6.92 Å². The molecule has 4 rings (SSSR count). The first-order valence-corrected chi connectivity index (χ1v) is 10.2. The number of carboxylic acid groups (broad SMARTS) is 1. The zero-order chi connectivity index (χ0) is 23.0. The number of fused-ring (bicyclic) bond motifs is 2. The molecule has 1 N–H and O–H groups in total. The van der Waals surface area contributed by atoms with Gasteiger partial charge >= 0.3 is 11.9 Å². The van der Waals surface area contributed by atoms with Crippen molar-refractivity contribution in [2.24, 2.45) is 7.05 Å². The molecule has 0 saturated carbocycles. The summed E-state index contributed by atoms with van der Waals surface area (Å²) in [5.74, 6) is -3.01. The number of hydrogen-bond donors (Lipinski definition) is 1. The first-order chi connectivity index (χ1) is 15.3. The number of imide groups is 1. The number of amides is 2. The molecule has 1 aliphatic heterocycles. The van der Waals surface area contributed by atoms with Crippen LogP contribution in [0.4, 0.5) is 0 Å². The summed E-state index contributed by atoms with van der Waals surface area (Å²) < 4.78 is 7.60. The molecule has 0 bridgehead atoms. The fourth-order valence-electron chi connectivity index (χ4n) is 3.82. The van der Waals surface area contributed by atoms with Gasteiger partial charge in [0.25, 0.3) is 11.8 Å². The minimum absolute atomic E-state index is 0.0163. The molecule has 9 nitrogen and oxygen atoms in total. The standard InChI is InChI=1S/C23H20N2O7/c1-3-10-31-17-12-13(23(30)32-25-18(26)8-9-19(25)27)11-16-21(17)20(22(28)29)14-6-4-5-7-15(14)24(16)2/h4-7,11-12H,3,8-10H2,1-2H3/p+1. The summed E-state index contributed by atoms with van der Waals surface area (Å²) in [6, 6.07) is 9.89. The largest absolute Gasteiger partial charge is 0.493 e. The van der Waals surface area contributed by atoms with Crippen LogP contribution in [0.25, 0.3) is 21.8 Å². The molecule has 1 aromatic heterocycles. The van der Waals surface area contributed by atoms with E-state index in [1.54, 1.807) is 35.9 Å². The van der Waals surface area contributed by atoms with E-state index in [2.05, 4.69) is 0 Å². The second-order valence-electron chi connectivity index (χ2n) is 7.43. The van der Waals surface area contributed by atoms with Crippen LogP contribution in [0.15, 0.2) is 36.4 Å². The van der Waals surface area contributed by atoms with E-state index < -0.39 is 23.8 Å². The Kier molecular flexibility index (Phi) is 5.48. The molecule has 2 aromatic carbocycles. The van der Waals surface area contributed by atoms with Crippen LogP contribution in [-0.2, 0) is 21.5 Å². The number of nitrogens with zero attached hydrogens (tertiary/aromatic N) is 2. The molecule has 0 atom stereocenters. The monoisotopic (exact) mass is 437 g/mol. The lowest BCUT2D eigenvalue weighted by Crippen LogP contribution is -2.33. The average Bonchev–Trinajstić information content (AvgIpc) is 3.09. The summed E-state index contributed by atoms with van der Waals surface area (Å²) in [7, 11) is 1.75. The van der Waals surface area contributed by atoms with Gasteiger partial charge in [-0.3, -0.25) is 9.59 Å². The van der Waals surface area contributed by atoms with Gasteiger partial charge in [-0.25, -0.2) is 9.59 Å². The van der Waals surface area contributed by atoms with Crippen molar-refractivity contribution in [3.05, 3.63) is 47.5 Å². The van der Waals surface area contributed by atoms with Crippen molar-refractivity contribution < 1.29 is 38.4 Å². The number of benzene rings is 2. The van der Waals surface area contributed by atoms with Gasteiger partial charge in [-0.2, -0.15) is 4.57 Å². The molecule has 2 heterocycles. The molecule has 1 aliphatic rings. The van der Waals surface area contributed by atoms with E-state index in [0.29, 0.717) is 39.9 Å². The van der Waals surface area contributed by atoms with Crippen LogP contribution >= 0.6 is 0 Å². The molecular formula is C23H21N2O7+. The molecule has 164 valence electrons. The van der Waals surface area contributed by atoms with E-state index in [0.717, 1.165) is 0 Å². The maximum atomic E-state index is 12.8. The van der Waals surface area contributed by atoms with Crippen molar-refractivity contribution in [3.63, 3.8) is 0 Å². The number of aromatic carboxylic acids is 1. The number of carbonyl (C=O) groups is 4. The van der Waals surface area contributed by atoms with E-state index in [1.165, 1.54) is 12.1 Å². The molecule has 0 spiro atoms. The molecule has 0 radical (unpaired) electrons. The molecule has 2 amide bonds. The fraction of sp³-hybridized carbons (Fsp3) is 0.261. The Bertz CT molecular complexity index is 1280. The van der Waals surface area contributed by atoms with Crippen molar-refractivity contribution >= 4 is 45.6 Å². The molecular weight excluding hydrogens is 416 g/mol. The van der Waals surface area contributed by atoms with Crippen molar-refractivity contribution in [1.29, 1.82) is 0 Å². The molecule has 1 fully saturated rings. The van der Waals surface area contributed by atoms with Gasteiger partial charge in [0.2, 0.25) is 11.0 Å². The zero-order valence-corrected chi connectivity index (χ0v) is 17.6. The maximum absolute atomic E-state index is 12.8. The normalized spacial score (nSPS) is 13.8. The highest BCUT2D eigenvalue weighted by atomic mass is 16.7. The van der Waals surface area contributed by atoms with Crippen LogP contribution in [-0.4, -0.2) is 40.5 Å². The topological polar surface area (TPSA) is 114 Å². The summed E-state index contributed by atoms with van der Waals surface area (Å²) in [5, 5.41) is 11.4. The quantitative estimate of drug-likeness (QED) is 0.358. The molecule has 3 aromatic rings. The molecule has 0 aliphatic carbocycles. The number of rotatable bonds is 6. The number of ether oxygens (including phenoxy) is 1. The van der Waals surface area contributed by atoms with Gasteiger partial charge in [0, 0.05) is 25.0 Å². The lowest BCUT2D eigenvalue weighted by atomic mass is 9.99. The Hall–Kier alpha value is -4.01. The van der Waals surface area contributed by atoms with Crippen molar-refractivity contribution in [2.75, 3.05) is 6.61 Å². The van der Waals surface area contributed by atoms with Gasteiger partial charge in [-0.05, 0) is 18.6 Å². The Morgan fingerprint density at radius 2 is 1.78 bits per heavy atom. The fourth-order valence-corrected chi connectivity index (χ4v) is 3.82. The summed E-state index contributed by atoms with van der Waals surface area (Å²) in [4.78, 5) is 53.8. The number of aromatic nitrogens is 1. The van der Waals surface area contributed by atoms with Crippen LogP contribution in [0.3, 0.4) is 0 Å². The molecule has 0 unspecified atom stereocenters. The summed E-state index contributed by atoms with van der Waals surface area (Å²) in [6.45, 7) is 2.20. The number of hydroxylamine groups is 2. The first kappa shape index (κ1) is 21.2. The smallest absolute Gasteiger partial charge is 0.364 e. The van der Waals surface area contributed by atoms with Crippen molar-refractivity contribution in [1.82, 2.24) is 5.06 Å². The lowest BCUT2D eigenvalue weighted by molar-refractivity contribution is -0.617. The van der Waals surface area contributed by atoms with Gasteiger partial charge in [0.05, 0.1) is 23.1 Å². The Labute approximate surface area is 182 Å². The van der Waals surface area contributed by atoms with E-state index in [9.17, 15) is 24.3 Å². The van der Waals surface area contributed by atoms with Gasteiger partial charge in [-0.15, -0.1) is 5.06 Å². The third-order valence-corrected chi connectivity index (χ3v) is 5.32. The van der Waals surface area contributed by atoms with Crippen LogP contribution in [0, 0.1) is 0 Å².